The van der Waals surface area contributed by atoms with Crippen LogP contribution in [-0.4, -0.2) is 40.7 Å². The van der Waals surface area contributed by atoms with Crippen LogP contribution in [0.1, 0.15) is 23.9 Å². The van der Waals surface area contributed by atoms with Crippen LogP contribution in [0, 0.1) is 0 Å². The molecule has 0 spiro atoms. The Morgan fingerprint density at radius 1 is 1.36 bits per heavy atom. The van der Waals surface area contributed by atoms with E-state index in [2.05, 4.69) is 51.4 Å². The molecule has 118 valence electrons. The van der Waals surface area contributed by atoms with E-state index in [1.54, 1.807) is 6.20 Å². The smallest absolute Gasteiger partial charge is 0.120 e. The third kappa shape index (κ3) is 4.40. The number of morpholine rings is 1. The zero-order valence-electron chi connectivity index (χ0n) is 13.1. The molecule has 1 saturated heterocycles. The molecule has 2 aromatic rings. The first-order valence-electron chi connectivity index (χ1n) is 7.90. The Hall–Kier alpha value is -1.69. The van der Waals surface area contributed by atoms with Crippen molar-refractivity contribution in [3.05, 3.63) is 53.6 Å². The van der Waals surface area contributed by atoms with Crippen molar-refractivity contribution in [2.24, 2.45) is 0 Å². The van der Waals surface area contributed by atoms with E-state index in [1.165, 1.54) is 11.1 Å². The number of hydrogen-bond acceptors (Lipinski definition) is 4. The highest BCUT2D eigenvalue weighted by molar-refractivity contribution is 5.23. The molecule has 22 heavy (non-hydrogen) atoms. The molecule has 0 radical (unpaired) electrons. The van der Waals surface area contributed by atoms with E-state index in [9.17, 15) is 0 Å². The van der Waals surface area contributed by atoms with Gasteiger partial charge in [-0.05, 0) is 18.1 Å². The van der Waals surface area contributed by atoms with E-state index in [1.807, 2.05) is 6.20 Å². The lowest BCUT2D eigenvalue weighted by Gasteiger charge is -2.31. The predicted octanol–water partition coefficient (Wildman–Crippen LogP) is 1.92. The lowest BCUT2D eigenvalue weighted by atomic mass is 10.1. The Morgan fingerprint density at radius 2 is 2.27 bits per heavy atom. The largest absolute Gasteiger partial charge is 0.376 e. The normalized spacial score (nSPS) is 19.4. The van der Waals surface area contributed by atoms with Gasteiger partial charge in [0.2, 0.25) is 0 Å². The minimum Gasteiger partial charge on any atom is -0.376 e. The van der Waals surface area contributed by atoms with Crippen LogP contribution in [0.15, 0.2) is 36.7 Å². The summed E-state index contributed by atoms with van der Waals surface area (Å²) >= 11 is 0. The zero-order valence-corrected chi connectivity index (χ0v) is 13.1. The second kappa shape index (κ2) is 7.54. The SMILES string of the molecule is CC1CN(Cc2cccc(CNCc3ncc[nH]3)c2)CCO1. The molecular formula is C17H24N4O. The average molecular weight is 300 g/mol. The van der Waals surface area contributed by atoms with E-state index in [4.69, 9.17) is 4.74 Å². The van der Waals surface area contributed by atoms with Crippen molar-refractivity contribution in [3.63, 3.8) is 0 Å². The van der Waals surface area contributed by atoms with E-state index >= 15 is 0 Å². The second-order valence-electron chi connectivity index (χ2n) is 5.88. The summed E-state index contributed by atoms with van der Waals surface area (Å²) in [7, 11) is 0. The fourth-order valence-electron chi connectivity index (χ4n) is 2.85. The summed E-state index contributed by atoms with van der Waals surface area (Å²) in [5.41, 5.74) is 2.68. The van der Waals surface area contributed by atoms with Gasteiger partial charge in [-0.1, -0.05) is 24.3 Å². The summed E-state index contributed by atoms with van der Waals surface area (Å²) in [5, 5.41) is 3.41. The summed E-state index contributed by atoms with van der Waals surface area (Å²) in [4.78, 5) is 9.78. The van der Waals surface area contributed by atoms with Crippen molar-refractivity contribution in [1.29, 1.82) is 0 Å². The third-order valence-corrected chi connectivity index (χ3v) is 3.90. The summed E-state index contributed by atoms with van der Waals surface area (Å²) < 4.78 is 5.60. The molecule has 0 bridgehead atoms. The number of H-pyrrole nitrogens is 1. The Labute approximate surface area is 131 Å². The maximum atomic E-state index is 5.60. The Kier molecular flexibility index (Phi) is 5.21. The fraction of sp³-hybridized carbons (Fsp3) is 0.471. The van der Waals surface area contributed by atoms with Gasteiger partial charge in [0.25, 0.3) is 0 Å². The van der Waals surface area contributed by atoms with Gasteiger partial charge >= 0.3 is 0 Å². The van der Waals surface area contributed by atoms with Crippen LogP contribution in [0.5, 0.6) is 0 Å². The molecule has 1 aliphatic heterocycles. The number of nitrogens with zero attached hydrogens (tertiary/aromatic N) is 2. The molecule has 1 unspecified atom stereocenters. The molecule has 3 rings (SSSR count). The van der Waals surface area contributed by atoms with Gasteiger partial charge in [-0.2, -0.15) is 0 Å². The molecule has 1 aromatic carbocycles. The second-order valence-corrected chi connectivity index (χ2v) is 5.88. The number of rotatable bonds is 6. The summed E-state index contributed by atoms with van der Waals surface area (Å²) in [5.74, 6) is 0.971. The fourth-order valence-corrected chi connectivity index (χ4v) is 2.85. The van der Waals surface area contributed by atoms with Crippen LogP contribution in [0.2, 0.25) is 0 Å². The Balaban J connectivity index is 1.51. The maximum absolute atomic E-state index is 5.60. The van der Waals surface area contributed by atoms with Gasteiger partial charge in [0, 0.05) is 38.6 Å². The monoisotopic (exact) mass is 300 g/mol. The predicted molar refractivity (Wildman–Crippen MR) is 86.3 cm³/mol. The van der Waals surface area contributed by atoms with Crippen LogP contribution >= 0.6 is 0 Å². The minimum absolute atomic E-state index is 0.340. The average Bonchev–Trinajstić information content (AvgIpc) is 3.01. The first kappa shape index (κ1) is 15.2. The highest BCUT2D eigenvalue weighted by Crippen LogP contribution is 2.12. The Morgan fingerprint density at radius 3 is 3.09 bits per heavy atom. The molecule has 1 fully saturated rings. The van der Waals surface area contributed by atoms with Crippen LogP contribution in [0.3, 0.4) is 0 Å². The van der Waals surface area contributed by atoms with Crippen LogP contribution in [0.25, 0.3) is 0 Å². The first-order chi connectivity index (χ1) is 10.8. The van der Waals surface area contributed by atoms with Gasteiger partial charge in [0.1, 0.15) is 5.82 Å². The van der Waals surface area contributed by atoms with Gasteiger partial charge in [-0.25, -0.2) is 4.98 Å². The Bertz CT molecular complexity index is 570. The highest BCUT2D eigenvalue weighted by Gasteiger charge is 2.16. The maximum Gasteiger partial charge on any atom is 0.120 e. The number of hydrogen-bond donors (Lipinski definition) is 2. The van der Waals surface area contributed by atoms with Crippen LogP contribution < -0.4 is 5.32 Å². The van der Waals surface area contributed by atoms with Gasteiger partial charge in [-0.15, -0.1) is 0 Å². The standard InChI is InChI=1S/C17H24N4O/c1-14-12-21(7-8-22-14)13-16-4-2-3-15(9-16)10-18-11-17-19-5-6-20-17/h2-6,9,14,18H,7-8,10-13H2,1H3,(H,19,20). The van der Waals surface area contributed by atoms with Crippen LogP contribution in [0.4, 0.5) is 0 Å². The number of nitrogens with one attached hydrogen (secondary N) is 2. The summed E-state index contributed by atoms with van der Waals surface area (Å²) in [6.45, 7) is 7.63. The molecule has 1 atom stereocenters. The topological polar surface area (TPSA) is 53.2 Å². The number of ether oxygens (including phenoxy) is 1. The van der Waals surface area contributed by atoms with E-state index < -0.39 is 0 Å². The third-order valence-electron chi connectivity index (χ3n) is 3.90. The molecule has 0 aliphatic carbocycles. The number of benzene rings is 1. The van der Waals surface area contributed by atoms with Gasteiger partial charge in [0.05, 0.1) is 19.3 Å². The molecule has 1 aliphatic rings. The van der Waals surface area contributed by atoms with Gasteiger partial charge in [0.15, 0.2) is 0 Å². The quantitative estimate of drug-likeness (QED) is 0.856. The van der Waals surface area contributed by atoms with Crippen molar-refractivity contribution in [2.45, 2.75) is 32.7 Å². The minimum atomic E-state index is 0.340. The van der Waals surface area contributed by atoms with Crippen LogP contribution in [-0.2, 0) is 24.4 Å². The van der Waals surface area contributed by atoms with E-state index in [0.717, 1.165) is 45.2 Å². The first-order valence-corrected chi connectivity index (χ1v) is 7.90. The molecule has 1 aromatic heterocycles. The molecular weight excluding hydrogens is 276 g/mol. The number of aromatic nitrogens is 2. The molecule has 0 amide bonds. The van der Waals surface area contributed by atoms with Gasteiger partial charge < -0.3 is 15.0 Å². The molecule has 5 heteroatoms. The van der Waals surface area contributed by atoms with E-state index in [-0.39, 0.29) is 0 Å². The van der Waals surface area contributed by atoms with Gasteiger partial charge in [-0.3, -0.25) is 4.90 Å². The van der Waals surface area contributed by atoms with Crippen molar-refractivity contribution in [2.75, 3.05) is 19.7 Å². The summed E-state index contributed by atoms with van der Waals surface area (Å²) in [6, 6.07) is 8.80. The molecule has 0 saturated carbocycles. The number of aromatic amines is 1. The zero-order chi connectivity index (χ0) is 15.2. The lowest BCUT2D eigenvalue weighted by molar-refractivity contribution is -0.0212. The number of imidazole rings is 1. The molecule has 5 nitrogen and oxygen atoms in total. The molecule has 2 N–H and O–H groups in total. The summed E-state index contributed by atoms with van der Waals surface area (Å²) in [6.07, 6.45) is 3.97. The van der Waals surface area contributed by atoms with Crippen molar-refractivity contribution in [1.82, 2.24) is 20.2 Å². The molecule has 2 heterocycles. The van der Waals surface area contributed by atoms with Crippen molar-refractivity contribution >= 4 is 0 Å². The lowest BCUT2D eigenvalue weighted by Crippen LogP contribution is -2.40. The highest BCUT2D eigenvalue weighted by atomic mass is 16.5. The van der Waals surface area contributed by atoms with Crippen molar-refractivity contribution in [3.8, 4) is 0 Å². The van der Waals surface area contributed by atoms with Crippen molar-refractivity contribution < 1.29 is 4.74 Å². The van der Waals surface area contributed by atoms with E-state index in [0.29, 0.717) is 6.10 Å².